The molecule has 1 atom stereocenters. The summed E-state index contributed by atoms with van der Waals surface area (Å²) in [6.45, 7) is 0.752. The van der Waals surface area contributed by atoms with Crippen molar-refractivity contribution in [3.63, 3.8) is 0 Å². The van der Waals surface area contributed by atoms with E-state index >= 15 is 0 Å². The summed E-state index contributed by atoms with van der Waals surface area (Å²) in [6.07, 6.45) is 0. The Bertz CT molecular complexity index is 263. The van der Waals surface area contributed by atoms with Crippen LogP contribution in [-0.2, 0) is 4.74 Å². The third-order valence-corrected chi connectivity index (χ3v) is 3.15. The summed E-state index contributed by atoms with van der Waals surface area (Å²) in [5, 5.41) is 0.928. The molecule has 0 saturated carbocycles. The van der Waals surface area contributed by atoms with E-state index in [1.54, 1.807) is 7.11 Å². The molecule has 1 aromatic rings. The topological polar surface area (TPSA) is 9.23 Å². The average Bonchev–Trinajstić information content (AvgIpc) is 2.14. The van der Waals surface area contributed by atoms with Gasteiger partial charge in [0.15, 0.2) is 0 Å². The van der Waals surface area contributed by atoms with Gasteiger partial charge in [-0.1, -0.05) is 44.0 Å². The van der Waals surface area contributed by atoms with Crippen LogP contribution in [0.25, 0.3) is 0 Å². The molecule has 0 N–H and O–H groups in total. The Morgan fingerprint density at radius 2 is 2.23 bits per heavy atom. The van der Waals surface area contributed by atoms with Crippen LogP contribution >= 0.6 is 31.9 Å². The summed E-state index contributed by atoms with van der Waals surface area (Å²) in [4.78, 5) is 0. The van der Waals surface area contributed by atoms with Crippen LogP contribution in [0.15, 0.2) is 28.7 Å². The number of hydrogen-bond donors (Lipinski definition) is 0. The summed E-state index contributed by atoms with van der Waals surface area (Å²) in [5.74, 6) is 0.433. The highest BCUT2D eigenvalue weighted by Gasteiger charge is 2.09. The summed E-state index contributed by atoms with van der Waals surface area (Å²) >= 11 is 6.94. The Balaban J connectivity index is 2.78. The maximum atomic E-state index is 5.14. The molecule has 1 rings (SSSR count). The van der Waals surface area contributed by atoms with Gasteiger partial charge in [-0.2, -0.15) is 0 Å². The Hall–Kier alpha value is 0.140. The SMILES string of the molecule is COCC(CBr)c1cccc(Br)c1. The lowest BCUT2D eigenvalue weighted by Gasteiger charge is -2.13. The van der Waals surface area contributed by atoms with Crippen LogP contribution in [0.3, 0.4) is 0 Å². The minimum atomic E-state index is 0.433. The maximum Gasteiger partial charge on any atom is 0.0539 e. The molecule has 0 saturated heterocycles. The van der Waals surface area contributed by atoms with Gasteiger partial charge in [0.2, 0.25) is 0 Å². The highest BCUT2D eigenvalue weighted by atomic mass is 79.9. The number of ether oxygens (including phenoxy) is 1. The second-order valence-electron chi connectivity index (χ2n) is 2.86. The van der Waals surface area contributed by atoms with Crippen molar-refractivity contribution in [1.82, 2.24) is 0 Å². The molecule has 13 heavy (non-hydrogen) atoms. The molecule has 1 unspecified atom stereocenters. The van der Waals surface area contributed by atoms with E-state index in [0.29, 0.717) is 5.92 Å². The van der Waals surface area contributed by atoms with Gasteiger partial charge < -0.3 is 4.74 Å². The standard InChI is InChI=1S/C10H12Br2O/c1-13-7-9(6-11)8-3-2-4-10(12)5-8/h2-5,9H,6-7H2,1H3. The van der Waals surface area contributed by atoms with E-state index in [-0.39, 0.29) is 0 Å². The Morgan fingerprint density at radius 3 is 2.77 bits per heavy atom. The molecule has 0 aromatic heterocycles. The number of benzene rings is 1. The highest BCUT2D eigenvalue weighted by molar-refractivity contribution is 9.10. The van der Waals surface area contributed by atoms with Gasteiger partial charge in [-0.05, 0) is 17.7 Å². The smallest absolute Gasteiger partial charge is 0.0539 e. The lowest BCUT2D eigenvalue weighted by molar-refractivity contribution is 0.186. The molecule has 0 amide bonds. The molecule has 0 radical (unpaired) electrons. The Morgan fingerprint density at radius 1 is 1.46 bits per heavy atom. The first kappa shape index (κ1) is 11.2. The maximum absolute atomic E-state index is 5.14. The van der Waals surface area contributed by atoms with Crippen molar-refractivity contribution < 1.29 is 4.74 Å². The molecular formula is C10H12Br2O. The molecule has 0 fully saturated rings. The van der Waals surface area contributed by atoms with Crippen LogP contribution in [0.2, 0.25) is 0 Å². The first-order valence-electron chi connectivity index (χ1n) is 4.08. The lowest BCUT2D eigenvalue weighted by atomic mass is 10.0. The van der Waals surface area contributed by atoms with Gasteiger partial charge in [0.25, 0.3) is 0 Å². The average molecular weight is 308 g/mol. The van der Waals surface area contributed by atoms with E-state index in [1.807, 2.05) is 12.1 Å². The van der Waals surface area contributed by atoms with Crippen molar-refractivity contribution in [2.24, 2.45) is 0 Å². The van der Waals surface area contributed by atoms with E-state index < -0.39 is 0 Å². The third-order valence-electron chi connectivity index (χ3n) is 1.87. The van der Waals surface area contributed by atoms with Crippen molar-refractivity contribution >= 4 is 31.9 Å². The van der Waals surface area contributed by atoms with Gasteiger partial charge >= 0.3 is 0 Å². The molecule has 0 bridgehead atoms. The van der Waals surface area contributed by atoms with Crippen molar-refractivity contribution in [2.75, 3.05) is 19.0 Å². The number of halogens is 2. The summed E-state index contributed by atoms with van der Waals surface area (Å²) in [7, 11) is 1.73. The molecule has 72 valence electrons. The minimum absolute atomic E-state index is 0.433. The van der Waals surface area contributed by atoms with Crippen LogP contribution in [0, 0.1) is 0 Å². The first-order valence-corrected chi connectivity index (χ1v) is 5.99. The Labute approximate surface area is 95.7 Å². The highest BCUT2D eigenvalue weighted by Crippen LogP contribution is 2.21. The third kappa shape index (κ3) is 3.41. The van der Waals surface area contributed by atoms with Crippen molar-refractivity contribution in [1.29, 1.82) is 0 Å². The van der Waals surface area contributed by atoms with Crippen LogP contribution in [0.5, 0.6) is 0 Å². The zero-order valence-corrected chi connectivity index (χ0v) is 10.6. The fourth-order valence-corrected chi connectivity index (χ4v) is 2.17. The predicted molar refractivity (Wildman–Crippen MR) is 62.6 cm³/mol. The second-order valence-corrected chi connectivity index (χ2v) is 4.42. The van der Waals surface area contributed by atoms with Gasteiger partial charge in [0, 0.05) is 22.8 Å². The molecule has 1 nitrogen and oxygen atoms in total. The lowest BCUT2D eigenvalue weighted by Crippen LogP contribution is -2.07. The summed E-state index contributed by atoms with van der Waals surface area (Å²) < 4.78 is 6.26. The van der Waals surface area contributed by atoms with E-state index in [2.05, 4.69) is 44.0 Å². The van der Waals surface area contributed by atoms with Gasteiger partial charge in [-0.3, -0.25) is 0 Å². The van der Waals surface area contributed by atoms with E-state index in [9.17, 15) is 0 Å². The van der Waals surface area contributed by atoms with Crippen LogP contribution in [0.1, 0.15) is 11.5 Å². The second kappa shape index (κ2) is 5.78. The molecule has 0 aliphatic carbocycles. The molecule has 1 aromatic carbocycles. The van der Waals surface area contributed by atoms with Crippen LogP contribution in [-0.4, -0.2) is 19.0 Å². The van der Waals surface area contributed by atoms with Crippen LogP contribution < -0.4 is 0 Å². The molecule has 0 aliphatic rings. The fraction of sp³-hybridized carbons (Fsp3) is 0.400. The number of alkyl halides is 1. The monoisotopic (exact) mass is 306 g/mol. The van der Waals surface area contributed by atoms with E-state index in [4.69, 9.17) is 4.74 Å². The number of rotatable bonds is 4. The first-order chi connectivity index (χ1) is 6.27. The molecular weight excluding hydrogens is 296 g/mol. The largest absolute Gasteiger partial charge is 0.384 e. The van der Waals surface area contributed by atoms with Gasteiger partial charge in [-0.25, -0.2) is 0 Å². The Kier molecular flexibility index (Phi) is 4.99. The zero-order valence-electron chi connectivity index (χ0n) is 7.47. The minimum Gasteiger partial charge on any atom is -0.384 e. The summed E-state index contributed by atoms with van der Waals surface area (Å²) in [6, 6.07) is 8.33. The van der Waals surface area contributed by atoms with Crippen molar-refractivity contribution in [3.05, 3.63) is 34.3 Å². The van der Waals surface area contributed by atoms with E-state index in [1.165, 1.54) is 5.56 Å². The molecule has 3 heteroatoms. The predicted octanol–water partition coefficient (Wildman–Crippen LogP) is 3.57. The number of hydrogen-bond acceptors (Lipinski definition) is 1. The summed E-state index contributed by atoms with van der Waals surface area (Å²) in [5.41, 5.74) is 1.30. The van der Waals surface area contributed by atoms with Crippen molar-refractivity contribution in [3.8, 4) is 0 Å². The van der Waals surface area contributed by atoms with Gasteiger partial charge in [0.1, 0.15) is 0 Å². The van der Waals surface area contributed by atoms with Gasteiger partial charge in [-0.15, -0.1) is 0 Å². The zero-order chi connectivity index (χ0) is 9.68. The van der Waals surface area contributed by atoms with Crippen LogP contribution in [0.4, 0.5) is 0 Å². The van der Waals surface area contributed by atoms with E-state index in [0.717, 1.165) is 16.4 Å². The molecule has 0 aliphatic heterocycles. The van der Waals surface area contributed by atoms with Crippen molar-refractivity contribution in [2.45, 2.75) is 5.92 Å². The molecule has 0 spiro atoms. The van der Waals surface area contributed by atoms with Gasteiger partial charge in [0.05, 0.1) is 6.61 Å². The quantitative estimate of drug-likeness (QED) is 0.773. The normalized spacial score (nSPS) is 12.8. The fourth-order valence-electron chi connectivity index (χ4n) is 1.19. The molecule has 0 heterocycles. The number of methoxy groups -OCH3 is 1.